The first kappa shape index (κ1) is 10.4. The fourth-order valence-electron chi connectivity index (χ4n) is 4.56. The lowest BCUT2D eigenvalue weighted by molar-refractivity contribution is -0.0516. The van der Waals surface area contributed by atoms with Gasteiger partial charge < -0.3 is 0 Å². The molecule has 4 aliphatic carbocycles. The topological polar surface area (TPSA) is 84.4 Å². The number of nitrogens with two attached hydrogens (primary N) is 2. The fraction of sp³-hybridized carbons (Fsp3) is 0.909. The van der Waals surface area contributed by atoms with Gasteiger partial charge in [-0.1, -0.05) is 0 Å². The van der Waals surface area contributed by atoms with Crippen LogP contribution in [0.4, 0.5) is 4.79 Å². The fourth-order valence-corrected chi connectivity index (χ4v) is 4.56. The zero-order valence-electron chi connectivity index (χ0n) is 9.43. The van der Waals surface area contributed by atoms with E-state index >= 15 is 0 Å². The monoisotopic (exact) mass is 224 g/mol. The highest BCUT2D eigenvalue weighted by Gasteiger charge is 2.50. The molecule has 0 radical (unpaired) electrons. The normalized spacial score (nSPS) is 44.5. The van der Waals surface area contributed by atoms with Gasteiger partial charge in [0.2, 0.25) is 0 Å². The summed E-state index contributed by atoms with van der Waals surface area (Å²) in [6, 6.07) is -0.131. The van der Waals surface area contributed by atoms with Crippen molar-refractivity contribution in [2.45, 2.75) is 38.1 Å². The van der Waals surface area contributed by atoms with Gasteiger partial charge in [0.15, 0.2) is 0 Å². The average Bonchev–Trinajstić information content (AvgIpc) is 2.26. The van der Waals surface area contributed by atoms with E-state index in [4.69, 9.17) is 11.7 Å². The van der Waals surface area contributed by atoms with Gasteiger partial charge in [-0.05, 0) is 55.8 Å². The Bertz CT molecular complexity index is 278. The molecular weight excluding hydrogens is 204 g/mol. The molecule has 0 atom stereocenters. The summed E-state index contributed by atoms with van der Waals surface area (Å²) in [5.41, 5.74) is 2.14. The number of rotatable bonds is 1. The first-order valence-corrected chi connectivity index (χ1v) is 6.23. The lowest BCUT2D eigenvalue weighted by Crippen LogP contribution is -2.62. The number of hydrazine groups is 2. The van der Waals surface area contributed by atoms with Crippen LogP contribution in [0.15, 0.2) is 0 Å². The lowest BCUT2D eigenvalue weighted by atomic mass is 9.54. The van der Waals surface area contributed by atoms with Gasteiger partial charge >= 0.3 is 6.03 Å². The van der Waals surface area contributed by atoms with E-state index in [2.05, 4.69) is 5.43 Å². The van der Waals surface area contributed by atoms with Crippen molar-refractivity contribution in [3.05, 3.63) is 0 Å². The van der Waals surface area contributed by atoms with Crippen LogP contribution in [-0.4, -0.2) is 17.1 Å². The summed E-state index contributed by atoms with van der Waals surface area (Å²) in [7, 11) is 0. The molecule has 5 heteroatoms. The van der Waals surface area contributed by atoms with Crippen LogP contribution in [0.3, 0.4) is 0 Å². The number of urea groups is 1. The zero-order chi connectivity index (χ0) is 11.3. The molecule has 0 aromatic carbocycles. The molecule has 4 rings (SSSR count). The predicted octanol–water partition coefficient (Wildman–Crippen LogP) is 0.570. The maximum Gasteiger partial charge on any atom is 0.345 e. The summed E-state index contributed by atoms with van der Waals surface area (Å²) < 4.78 is 0. The smallest absolute Gasteiger partial charge is 0.275 e. The van der Waals surface area contributed by atoms with Gasteiger partial charge in [0.1, 0.15) is 0 Å². The van der Waals surface area contributed by atoms with E-state index in [1.54, 1.807) is 0 Å². The Labute approximate surface area is 95.5 Å². The van der Waals surface area contributed by atoms with Crippen molar-refractivity contribution in [2.24, 2.45) is 35.4 Å². The third kappa shape index (κ3) is 1.42. The molecule has 0 aliphatic heterocycles. The SMILES string of the molecule is NNC(=O)N(N)C1C2CC3CC(C2)CC1C3. The first-order valence-electron chi connectivity index (χ1n) is 6.23. The molecule has 2 amide bonds. The number of nitrogens with one attached hydrogen (secondary N) is 1. The van der Waals surface area contributed by atoms with Crippen LogP contribution in [0.2, 0.25) is 0 Å². The Morgan fingerprint density at radius 2 is 1.56 bits per heavy atom. The third-order valence-electron chi connectivity index (χ3n) is 4.86. The van der Waals surface area contributed by atoms with Gasteiger partial charge in [-0.25, -0.2) is 16.5 Å². The van der Waals surface area contributed by atoms with Gasteiger partial charge in [-0.2, -0.15) is 0 Å². The highest BCUT2D eigenvalue weighted by atomic mass is 16.2. The molecule has 0 unspecified atom stereocenters. The van der Waals surface area contributed by atoms with Crippen molar-refractivity contribution in [3.8, 4) is 0 Å². The Hall–Kier alpha value is -0.810. The maximum absolute atomic E-state index is 11.5. The van der Waals surface area contributed by atoms with Gasteiger partial charge in [-0.15, -0.1) is 0 Å². The molecule has 0 spiro atoms. The molecule has 0 aromatic heterocycles. The van der Waals surface area contributed by atoms with Crippen molar-refractivity contribution in [3.63, 3.8) is 0 Å². The quantitative estimate of drug-likeness (QED) is 0.346. The molecule has 0 aromatic rings. The molecule has 4 bridgehead atoms. The summed E-state index contributed by atoms with van der Waals surface area (Å²) in [4.78, 5) is 11.5. The Kier molecular flexibility index (Phi) is 2.33. The second-order valence-electron chi connectivity index (χ2n) is 5.78. The minimum atomic E-state index is -0.350. The van der Waals surface area contributed by atoms with Crippen molar-refractivity contribution in [1.29, 1.82) is 0 Å². The van der Waals surface area contributed by atoms with Gasteiger partial charge in [0.25, 0.3) is 0 Å². The maximum atomic E-state index is 11.5. The molecule has 5 nitrogen and oxygen atoms in total. The lowest BCUT2D eigenvalue weighted by Gasteiger charge is -2.55. The van der Waals surface area contributed by atoms with Gasteiger partial charge in [-0.3, -0.25) is 10.4 Å². The Morgan fingerprint density at radius 3 is 2.00 bits per heavy atom. The van der Waals surface area contributed by atoms with Crippen molar-refractivity contribution in [2.75, 3.05) is 0 Å². The Morgan fingerprint density at radius 1 is 1.06 bits per heavy atom. The standard InChI is InChI=1S/C11H20N4O/c12-14-11(16)15(13)10-8-2-6-1-7(4-8)5-9(10)3-6/h6-10H,1-5,12-13H2,(H,14,16). The predicted molar refractivity (Wildman–Crippen MR) is 59.6 cm³/mol. The number of carbonyl (C=O) groups is 1. The summed E-state index contributed by atoms with van der Waals surface area (Å²) in [5.74, 6) is 14.1. The minimum absolute atomic E-state index is 0.219. The number of amides is 2. The van der Waals surface area contributed by atoms with E-state index in [0.29, 0.717) is 11.8 Å². The first-order chi connectivity index (χ1) is 7.69. The number of carbonyl (C=O) groups excluding carboxylic acids is 1. The molecule has 16 heavy (non-hydrogen) atoms. The third-order valence-corrected chi connectivity index (χ3v) is 4.86. The van der Waals surface area contributed by atoms with Crippen LogP contribution >= 0.6 is 0 Å². The van der Waals surface area contributed by atoms with Crippen LogP contribution in [0, 0.1) is 23.7 Å². The summed E-state index contributed by atoms with van der Waals surface area (Å²) in [5, 5.41) is 1.35. The van der Waals surface area contributed by atoms with Crippen LogP contribution in [0.5, 0.6) is 0 Å². The van der Waals surface area contributed by atoms with Crippen molar-refractivity contribution >= 4 is 6.03 Å². The second-order valence-corrected chi connectivity index (χ2v) is 5.78. The van der Waals surface area contributed by atoms with Crippen LogP contribution in [-0.2, 0) is 0 Å². The van der Waals surface area contributed by atoms with Gasteiger partial charge in [0.05, 0.1) is 6.04 Å². The number of hydrogen-bond donors (Lipinski definition) is 3. The van der Waals surface area contributed by atoms with Gasteiger partial charge in [0, 0.05) is 0 Å². The zero-order valence-corrected chi connectivity index (χ0v) is 9.43. The highest BCUT2D eigenvalue weighted by molar-refractivity contribution is 5.73. The molecule has 0 heterocycles. The largest absolute Gasteiger partial charge is 0.345 e. The number of nitrogens with zero attached hydrogens (tertiary/aromatic N) is 1. The molecule has 90 valence electrons. The minimum Gasteiger partial charge on any atom is -0.275 e. The average molecular weight is 224 g/mol. The molecule has 4 aliphatic rings. The van der Waals surface area contributed by atoms with E-state index in [1.807, 2.05) is 0 Å². The van der Waals surface area contributed by atoms with E-state index < -0.39 is 0 Å². The molecule has 5 N–H and O–H groups in total. The molecule has 0 saturated heterocycles. The van der Waals surface area contributed by atoms with Crippen molar-refractivity contribution < 1.29 is 4.79 Å². The highest BCUT2D eigenvalue weighted by Crippen LogP contribution is 2.54. The van der Waals surface area contributed by atoms with E-state index in [1.165, 1.54) is 37.1 Å². The molecule has 4 fully saturated rings. The second kappa shape index (κ2) is 3.60. The molecule has 4 saturated carbocycles. The number of hydrogen-bond acceptors (Lipinski definition) is 3. The molecular formula is C11H20N4O. The van der Waals surface area contributed by atoms with E-state index in [0.717, 1.165) is 11.8 Å². The van der Waals surface area contributed by atoms with Crippen LogP contribution in [0.1, 0.15) is 32.1 Å². The summed E-state index contributed by atoms with van der Waals surface area (Å²) >= 11 is 0. The van der Waals surface area contributed by atoms with Crippen LogP contribution in [0.25, 0.3) is 0 Å². The summed E-state index contributed by atoms with van der Waals surface area (Å²) in [6.07, 6.45) is 6.42. The van der Waals surface area contributed by atoms with Crippen molar-refractivity contribution in [1.82, 2.24) is 10.4 Å². The Balaban J connectivity index is 1.78. The van der Waals surface area contributed by atoms with Crippen LogP contribution < -0.4 is 17.1 Å². The van der Waals surface area contributed by atoms with E-state index in [9.17, 15) is 4.79 Å². The van der Waals surface area contributed by atoms with E-state index in [-0.39, 0.29) is 12.1 Å². The summed E-state index contributed by atoms with van der Waals surface area (Å²) in [6.45, 7) is 0.